The van der Waals surface area contributed by atoms with Gasteiger partial charge in [0, 0.05) is 31.6 Å². The van der Waals surface area contributed by atoms with Gasteiger partial charge < -0.3 is 14.6 Å². The lowest BCUT2D eigenvalue weighted by Gasteiger charge is -2.15. The number of likely N-dealkylation sites (tertiary alicyclic amines) is 1. The molecule has 0 saturated carbocycles. The van der Waals surface area contributed by atoms with Crippen LogP contribution in [0.5, 0.6) is 0 Å². The average Bonchev–Trinajstić information content (AvgIpc) is 3.28. The molecule has 1 N–H and O–H groups in total. The van der Waals surface area contributed by atoms with Crippen LogP contribution in [0.15, 0.2) is 27.8 Å². The Kier molecular flexibility index (Phi) is 6.49. The van der Waals surface area contributed by atoms with Crippen molar-refractivity contribution in [3.05, 3.63) is 29.3 Å². The van der Waals surface area contributed by atoms with E-state index in [0.717, 1.165) is 30.5 Å². The van der Waals surface area contributed by atoms with E-state index in [9.17, 15) is 9.59 Å². The molecule has 144 valence electrons. The predicted molar refractivity (Wildman–Crippen MR) is 103 cm³/mol. The molecule has 2 heterocycles. The lowest BCUT2D eigenvalue weighted by molar-refractivity contribution is -0.127. The Balaban J connectivity index is 1.39. The topological polar surface area (TPSA) is 88.3 Å². The van der Waals surface area contributed by atoms with Gasteiger partial charge in [0.2, 0.25) is 17.7 Å². The van der Waals surface area contributed by atoms with Crippen LogP contribution in [-0.2, 0) is 9.59 Å². The van der Waals surface area contributed by atoms with E-state index in [1.54, 1.807) is 0 Å². The van der Waals surface area contributed by atoms with Gasteiger partial charge in [0.25, 0.3) is 5.22 Å². The first kappa shape index (κ1) is 19.4. The summed E-state index contributed by atoms with van der Waals surface area (Å²) in [5, 5.41) is 11.3. The fourth-order valence-electron chi connectivity index (χ4n) is 2.88. The zero-order valence-corrected chi connectivity index (χ0v) is 16.5. The molecule has 0 unspecified atom stereocenters. The van der Waals surface area contributed by atoms with Crippen LogP contribution >= 0.6 is 11.8 Å². The highest BCUT2D eigenvalue weighted by atomic mass is 32.2. The first-order valence-corrected chi connectivity index (χ1v) is 10.1. The van der Waals surface area contributed by atoms with Crippen LogP contribution in [0.3, 0.4) is 0 Å². The molecule has 1 aromatic carbocycles. The molecule has 1 fully saturated rings. The average molecular weight is 388 g/mol. The van der Waals surface area contributed by atoms with Crippen molar-refractivity contribution in [2.24, 2.45) is 0 Å². The minimum Gasteiger partial charge on any atom is -0.411 e. The third-order valence-electron chi connectivity index (χ3n) is 4.59. The third kappa shape index (κ3) is 5.32. The summed E-state index contributed by atoms with van der Waals surface area (Å²) in [6.45, 7) is 6.18. The van der Waals surface area contributed by atoms with E-state index in [0.29, 0.717) is 30.6 Å². The maximum absolute atomic E-state index is 11.9. The molecule has 0 bridgehead atoms. The number of hydrogen-bond donors (Lipinski definition) is 1. The fraction of sp³-hybridized carbons (Fsp3) is 0.474. The first-order chi connectivity index (χ1) is 13.0. The normalized spacial score (nSPS) is 14.0. The van der Waals surface area contributed by atoms with Crippen LogP contribution in [-0.4, -0.2) is 52.3 Å². The monoisotopic (exact) mass is 388 g/mol. The minimum absolute atomic E-state index is 0.0846. The van der Waals surface area contributed by atoms with E-state index < -0.39 is 0 Å². The number of thioether (sulfide) groups is 1. The molecule has 1 saturated heterocycles. The minimum atomic E-state index is -0.0846. The Morgan fingerprint density at radius 2 is 2.15 bits per heavy atom. The molecule has 3 rings (SSSR count). The van der Waals surface area contributed by atoms with Gasteiger partial charge in [-0.1, -0.05) is 17.8 Å². The highest BCUT2D eigenvalue weighted by molar-refractivity contribution is 7.99. The van der Waals surface area contributed by atoms with Gasteiger partial charge in [0.05, 0.1) is 5.75 Å². The molecule has 1 aromatic heterocycles. The van der Waals surface area contributed by atoms with Crippen molar-refractivity contribution >= 4 is 23.6 Å². The Labute approximate surface area is 162 Å². The van der Waals surface area contributed by atoms with E-state index >= 15 is 0 Å². The predicted octanol–water partition coefficient (Wildman–Crippen LogP) is 2.57. The molecular formula is C19H24N4O3S. The van der Waals surface area contributed by atoms with Crippen molar-refractivity contribution < 1.29 is 14.0 Å². The summed E-state index contributed by atoms with van der Waals surface area (Å²) in [5.74, 6) is 0.805. The Morgan fingerprint density at radius 3 is 2.89 bits per heavy atom. The number of amides is 2. The lowest BCUT2D eigenvalue weighted by atomic mass is 10.1. The number of aromatic nitrogens is 2. The fourth-order valence-corrected chi connectivity index (χ4v) is 3.47. The van der Waals surface area contributed by atoms with E-state index in [4.69, 9.17) is 4.42 Å². The van der Waals surface area contributed by atoms with Gasteiger partial charge in [-0.05, 0) is 49.9 Å². The number of benzene rings is 1. The van der Waals surface area contributed by atoms with Gasteiger partial charge in [-0.2, -0.15) is 0 Å². The molecule has 0 radical (unpaired) electrons. The molecule has 1 aliphatic heterocycles. The Hall–Kier alpha value is -2.35. The van der Waals surface area contributed by atoms with Crippen LogP contribution in [0.1, 0.15) is 30.4 Å². The van der Waals surface area contributed by atoms with E-state index in [2.05, 4.69) is 22.4 Å². The number of carbonyl (C=O) groups excluding carboxylic acids is 2. The van der Waals surface area contributed by atoms with Crippen LogP contribution in [0, 0.1) is 13.8 Å². The molecule has 8 heteroatoms. The highest BCUT2D eigenvalue weighted by Crippen LogP contribution is 2.24. The van der Waals surface area contributed by atoms with Gasteiger partial charge in [0.1, 0.15) is 0 Å². The van der Waals surface area contributed by atoms with Crippen LogP contribution < -0.4 is 5.32 Å². The number of carbonyl (C=O) groups is 2. The second-order valence-electron chi connectivity index (χ2n) is 6.65. The standard InChI is InChI=1S/C19H24N4O3S/c1-13-6-7-15(11-14(13)2)18-21-22-19(26-18)27-12-16(24)20-8-4-10-23-9-3-5-17(23)25/h6-7,11H,3-5,8-10,12H2,1-2H3,(H,20,24). The molecule has 0 atom stereocenters. The van der Waals surface area contributed by atoms with Gasteiger partial charge in [-0.15, -0.1) is 10.2 Å². The summed E-state index contributed by atoms with van der Waals surface area (Å²) in [4.78, 5) is 25.3. The third-order valence-corrected chi connectivity index (χ3v) is 5.40. The number of nitrogens with one attached hydrogen (secondary N) is 1. The number of aryl methyl sites for hydroxylation is 2. The molecule has 2 aromatic rings. The summed E-state index contributed by atoms with van der Waals surface area (Å²) in [7, 11) is 0. The number of nitrogens with zero attached hydrogens (tertiary/aromatic N) is 3. The highest BCUT2D eigenvalue weighted by Gasteiger charge is 2.19. The summed E-state index contributed by atoms with van der Waals surface area (Å²) < 4.78 is 5.64. The van der Waals surface area contributed by atoms with Crippen molar-refractivity contribution in [1.82, 2.24) is 20.4 Å². The summed E-state index contributed by atoms with van der Waals surface area (Å²) >= 11 is 1.22. The van der Waals surface area contributed by atoms with Crippen molar-refractivity contribution in [3.8, 4) is 11.5 Å². The lowest BCUT2D eigenvalue weighted by Crippen LogP contribution is -2.31. The van der Waals surface area contributed by atoms with Crippen molar-refractivity contribution in [2.75, 3.05) is 25.4 Å². The zero-order valence-electron chi connectivity index (χ0n) is 15.7. The van der Waals surface area contributed by atoms with E-state index in [-0.39, 0.29) is 17.6 Å². The number of rotatable bonds is 8. The number of hydrogen-bond acceptors (Lipinski definition) is 6. The van der Waals surface area contributed by atoms with Crippen LogP contribution in [0.4, 0.5) is 0 Å². The van der Waals surface area contributed by atoms with Crippen molar-refractivity contribution in [3.63, 3.8) is 0 Å². The van der Waals surface area contributed by atoms with E-state index in [1.165, 1.54) is 17.3 Å². The molecule has 0 spiro atoms. The molecule has 1 aliphatic rings. The largest absolute Gasteiger partial charge is 0.411 e. The second kappa shape index (κ2) is 9.03. The molecule has 7 nitrogen and oxygen atoms in total. The molecule has 2 amide bonds. The quantitative estimate of drug-likeness (QED) is 0.552. The summed E-state index contributed by atoms with van der Waals surface area (Å²) in [6.07, 6.45) is 2.35. The Bertz CT molecular complexity index is 821. The van der Waals surface area contributed by atoms with Gasteiger partial charge in [-0.25, -0.2) is 0 Å². The van der Waals surface area contributed by atoms with Gasteiger partial charge >= 0.3 is 0 Å². The van der Waals surface area contributed by atoms with Gasteiger partial charge in [-0.3, -0.25) is 9.59 Å². The second-order valence-corrected chi connectivity index (χ2v) is 7.58. The van der Waals surface area contributed by atoms with Gasteiger partial charge in [0.15, 0.2) is 0 Å². The summed E-state index contributed by atoms with van der Waals surface area (Å²) in [5.41, 5.74) is 3.24. The van der Waals surface area contributed by atoms with Crippen LogP contribution in [0.2, 0.25) is 0 Å². The van der Waals surface area contributed by atoms with E-state index in [1.807, 2.05) is 30.0 Å². The molecule has 0 aliphatic carbocycles. The van der Waals surface area contributed by atoms with Crippen molar-refractivity contribution in [1.29, 1.82) is 0 Å². The van der Waals surface area contributed by atoms with Crippen LogP contribution in [0.25, 0.3) is 11.5 Å². The first-order valence-electron chi connectivity index (χ1n) is 9.11. The summed E-state index contributed by atoms with van der Waals surface area (Å²) in [6, 6.07) is 5.97. The smallest absolute Gasteiger partial charge is 0.277 e. The Morgan fingerprint density at radius 1 is 1.30 bits per heavy atom. The molecular weight excluding hydrogens is 364 g/mol. The zero-order chi connectivity index (χ0) is 19.2. The maximum Gasteiger partial charge on any atom is 0.277 e. The van der Waals surface area contributed by atoms with Crippen molar-refractivity contribution in [2.45, 2.75) is 38.3 Å². The molecule has 27 heavy (non-hydrogen) atoms. The SMILES string of the molecule is Cc1ccc(-c2nnc(SCC(=O)NCCCN3CCCC3=O)o2)cc1C. The maximum atomic E-state index is 11.9.